The van der Waals surface area contributed by atoms with E-state index < -0.39 is 0 Å². The Morgan fingerprint density at radius 1 is 1.13 bits per heavy atom. The minimum Gasteiger partial charge on any atom is -0.491 e. The first-order chi connectivity index (χ1) is 14.5. The molecular weight excluding hydrogens is 507 g/mol. The van der Waals surface area contributed by atoms with E-state index in [0.29, 0.717) is 26.4 Å². The van der Waals surface area contributed by atoms with Crippen LogP contribution < -0.4 is 15.4 Å². The smallest absolute Gasteiger partial charge is 0.191 e. The molecule has 0 amide bonds. The topological polar surface area (TPSA) is 80.9 Å². The molecule has 0 atom stereocenters. The highest BCUT2D eigenvalue weighted by Crippen LogP contribution is 2.21. The minimum atomic E-state index is 0. The fourth-order valence-corrected chi connectivity index (χ4v) is 3.12. The number of guanidine groups is 1. The van der Waals surface area contributed by atoms with Crippen LogP contribution in [0, 0.1) is 20.8 Å². The number of aryl methyl sites for hydroxylation is 3. The van der Waals surface area contributed by atoms with Crippen molar-refractivity contribution in [3.8, 4) is 5.75 Å². The van der Waals surface area contributed by atoms with Crippen molar-refractivity contribution < 1.29 is 14.0 Å². The lowest BCUT2D eigenvalue weighted by Gasteiger charge is -2.14. The Kier molecular flexibility index (Phi) is 13.2. The Bertz CT molecular complexity index is 789. The average molecular weight is 544 g/mol. The summed E-state index contributed by atoms with van der Waals surface area (Å²) in [6.07, 6.45) is 1.91. The maximum atomic E-state index is 5.92. The molecule has 0 spiro atoms. The summed E-state index contributed by atoms with van der Waals surface area (Å²) in [6.45, 7) is 14.0. The lowest BCUT2D eigenvalue weighted by Crippen LogP contribution is -2.37. The molecule has 0 saturated heterocycles. The van der Waals surface area contributed by atoms with Crippen molar-refractivity contribution in [3.05, 3.63) is 46.3 Å². The van der Waals surface area contributed by atoms with Gasteiger partial charge >= 0.3 is 0 Å². The monoisotopic (exact) mass is 544 g/mol. The van der Waals surface area contributed by atoms with Gasteiger partial charge in [-0.05, 0) is 59.1 Å². The number of rotatable bonds is 12. The van der Waals surface area contributed by atoms with E-state index in [1.165, 1.54) is 11.1 Å². The van der Waals surface area contributed by atoms with Crippen LogP contribution in [0.2, 0.25) is 0 Å². The van der Waals surface area contributed by atoms with Gasteiger partial charge < -0.3 is 24.6 Å². The highest BCUT2D eigenvalue weighted by molar-refractivity contribution is 14.0. The summed E-state index contributed by atoms with van der Waals surface area (Å²) >= 11 is 0. The van der Waals surface area contributed by atoms with Gasteiger partial charge in [0.2, 0.25) is 0 Å². The zero-order valence-electron chi connectivity index (χ0n) is 19.4. The number of nitrogens with zero attached hydrogens (tertiary/aromatic N) is 2. The van der Waals surface area contributed by atoms with Gasteiger partial charge in [-0.1, -0.05) is 17.3 Å². The molecule has 1 aromatic heterocycles. The fourth-order valence-electron chi connectivity index (χ4n) is 3.12. The number of ether oxygens (including phenoxy) is 2. The van der Waals surface area contributed by atoms with Crippen molar-refractivity contribution in [3.63, 3.8) is 0 Å². The third-order valence-electron chi connectivity index (χ3n) is 4.74. The first-order valence-electron chi connectivity index (χ1n) is 10.8. The summed E-state index contributed by atoms with van der Waals surface area (Å²) in [5, 5.41) is 10.7. The standard InChI is InChI=1S/C23H36N4O3.HI/c1-6-24-23(25-12-8-9-21-18(4)27-30-19(21)5)26-16-20-11-10-17(3)15-22(20)29-14-13-28-7-2;/h10-11,15H,6-9,12-14,16H2,1-5H3,(H2,24,25,26);1H. The molecule has 174 valence electrons. The van der Waals surface area contributed by atoms with Crippen LogP contribution in [0.1, 0.15) is 48.4 Å². The zero-order valence-corrected chi connectivity index (χ0v) is 21.7. The fraction of sp³-hybridized carbons (Fsp3) is 0.565. The first kappa shape index (κ1) is 27.2. The van der Waals surface area contributed by atoms with E-state index in [0.717, 1.165) is 54.7 Å². The maximum absolute atomic E-state index is 5.92. The Morgan fingerprint density at radius 2 is 1.94 bits per heavy atom. The van der Waals surface area contributed by atoms with Crippen molar-refractivity contribution in [2.24, 2.45) is 4.99 Å². The molecule has 0 unspecified atom stereocenters. The minimum absolute atomic E-state index is 0. The van der Waals surface area contributed by atoms with E-state index in [9.17, 15) is 0 Å². The van der Waals surface area contributed by atoms with Gasteiger partial charge in [0.25, 0.3) is 0 Å². The zero-order chi connectivity index (χ0) is 21.8. The quantitative estimate of drug-likeness (QED) is 0.179. The molecule has 0 aliphatic carbocycles. The van der Waals surface area contributed by atoms with Crippen molar-refractivity contribution >= 4 is 29.9 Å². The van der Waals surface area contributed by atoms with Crippen molar-refractivity contribution in [2.45, 2.75) is 54.0 Å². The van der Waals surface area contributed by atoms with Crippen LogP contribution >= 0.6 is 24.0 Å². The van der Waals surface area contributed by atoms with E-state index in [1.54, 1.807) is 0 Å². The maximum Gasteiger partial charge on any atom is 0.191 e. The van der Waals surface area contributed by atoms with Crippen LogP contribution in [0.15, 0.2) is 27.7 Å². The summed E-state index contributed by atoms with van der Waals surface area (Å²) < 4.78 is 16.5. The Labute approximate surface area is 203 Å². The van der Waals surface area contributed by atoms with Gasteiger partial charge in [-0.15, -0.1) is 24.0 Å². The van der Waals surface area contributed by atoms with Crippen LogP contribution in [-0.2, 0) is 17.7 Å². The van der Waals surface area contributed by atoms with Crippen molar-refractivity contribution in [1.29, 1.82) is 0 Å². The van der Waals surface area contributed by atoms with E-state index in [-0.39, 0.29) is 24.0 Å². The van der Waals surface area contributed by atoms with Gasteiger partial charge in [0, 0.05) is 30.8 Å². The van der Waals surface area contributed by atoms with Crippen LogP contribution in [0.3, 0.4) is 0 Å². The number of halogens is 1. The summed E-state index contributed by atoms with van der Waals surface area (Å²) in [5.41, 5.74) is 4.40. The van der Waals surface area contributed by atoms with E-state index in [4.69, 9.17) is 19.0 Å². The highest BCUT2D eigenvalue weighted by atomic mass is 127. The molecule has 0 aliphatic heterocycles. The number of nitrogens with one attached hydrogen (secondary N) is 2. The average Bonchev–Trinajstić information content (AvgIpc) is 3.05. The largest absolute Gasteiger partial charge is 0.491 e. The van der Waals surface area contributed by atoms with Crippen LogP contribution in [0.25, 0.3) is 0 Å². The van der Waals surface area contributed by atoms with E-state index >= 15 is 0 Å². The summed E-state index contributed by atoms with van der Waals surface area (Å²) in [5.74, 6) is 2.58. The molecule has 7 nitrogen and oxygen atoms in total. The summed E-state index contributed by atoms with van der Waals surface area (Å²) in [6, 6.07) is 6.22. The summed E-state index contributed by atoms with van der Waals surface area (Å²) in [4.78, 5) is 4.74. The van der Waals surface area contributed by atoms with Gasteiger partial charge in [-0.2, -0.15) is 0 Å². The third-order valence-corrected chi connectivity index (χ3v) is 4.74. The third kappa shape index (κ3) is 9.47. The van der Waals surface area contributed by atoms with E-state index in [1.807, 2.05) is 20.8 Å². The molecule has 0 saturated carbocycles. The van der Waals surface area contributed by atoms with E-state index in [2.05, 4.69) is 47.8 Å². The molecule has 31 heavy (non-hydrogen) atoms. The second-order valence-corrected chi connectivity index (χ2v) is 7.18. The molecule has 0 fully saturated rings. The lowest BCUT2D eigenvalue weighted by atomic mass is 10.1. The van der Waals surface area contributed by atoms with Gasteiger partial charge in [0.05, 0.1) is 18.8 Å². The van der Waals surface area contributed by atoms with Crippen LogP contribution in [0.5, 0.6) is 5.75 Å². The van der Waals surface area contributed by atoms with Crippen LogP contribution in [-0.4, -0.2) is 44.0 Å². The van der Waals surface area contributed by atoms with Gasteiger partial charge in [-0.3, -0.25) is 0 Å². The summed E-state index contributed by atoms with van der Waals surface area (Å²) in [7, 11) is 0. The molecule has 0 bridgehead atoms. The number of hydrogen-bond acceptors (Lipinski definition) is 5. The van der Waals surface area contributed by atoms with Gasteiger partial charge in [0.15, 0.2) is 5.96 Å². The normalized spacial score (nSPS) is 11.2. The number of aromatic nitrogens is 1. The van der Waals surface area contributed by atoms with Crippen LogP contribution in [0.4, 0.5) is 0 Å². The first-order valence-corrected chi connectivity index (χ1v) is 10.8. The Morgan fingerprint density at radius 3 is 2.61 bits per heavy atom. The number of aliphatic imine (C=N–C) groups is 1. The molecule has 8 heteroatoms. The lowest BCUT2D eigenvalue weighted by molar-refractivity contribution is 0.110. The molecule has 2 N–H and O–H groups in total. The predicted molar refractivity (Wildman–Crippen MR) is 136 cm³/mol. The van der Waals surface area contributed by atoms with Crippen molar-refractivity contribution in [1.82, 2.24) is 15.8 Å². The molecular formula is C23H37IN4O3. The predicted octanol–water partition coefficient (Wildman–Crippen LogP) is 4.32. The molecule has 1 heterocycles. The highest BCUT2D eigenvalue weighted by Gasteiger charge is 2.09. The molecule has 0 radical (unpaired) electrons. The molecule has 2 rings (SSSR count). The second kappa shape index (κ2) is 15.1. The second-order valence-electron chi connectivity index (χ2n) is 7.18. The number of benzene rings is 1. The SMILES string of the molecule is CCNC(=NCc1ccc(C)cc1OCCOCC)NCCCc1c(C)noc1C.I. The van der Waals surface area contributed by atoms with Gasteiger partial charge in [0.1, 0.15) is 18.1 Å². The molecule has 1 aromatic carbocycles. The molecule has 2 aromatic rings. The van der Waals surface area contributed by atoms with Gasteiger partial charge in [-0.25, -0.2) is 4.99 Å². The Balaban J connectivity index is 0.00000480. The number of hydrogen-bond donors (Lipinski definition) is 2. The molecule has 0 aliphatic rings. The van der Waals surface area contributed by atoms with Crippen molar-refractivity contribution in [2.75, 3.05) is 32.9 Å². The Hall–Kier alpha value is -1.81.